The molecule has 0 spiro atoms. The lowest BCUT2D eigenvalue weighted by Crippen LogP contribution is -2.30. The number of hydrogen-bond donors (Lipinski definition) is 0. The third kappa shape index (κ3) is 1.99. The Balaban J connectivity index is 2.33. The predicted octanol–water partition coefficient (Wildman–Crippen LogP) is 1.74. The van der Waals surface area contributed by atoms with Crippen LogP contribution in [-0.4, -0.2) is 30.3 Å². The molecule has 0 amide bonds. The van der Waals surface area contributed by atoms with Gasteiger partial charge in [-0.1, -0.05) is 29.8 Å². The molecular weight excluding hydrogens is 244 g/mol. The van der Waals surface area contributed by atoms with Gasteiger partial charge in [0.1, 0.15) is 12.1 Å². The summed E-state index contributed by atoms with van der Waals surface area (Å²) in [6.07, 6.45) is 0. The Morgan fingerprint density at radius 3 is 2.58 bits per heavy atom. The number of nitrogens with zero attached hydrogens (tertiary/aromatic N) is 2. The average Bonchev–Trinajstić information content (AvgIpc) is 3.09. The zero-order valence-electron chi connectivity index (χ0n) is 11.2. The van der Waals surface area contributed by atoms with Crippen LogP contribution in [0, 0.1) is 18.3 Å². The van der Waals surface area contributed by atoms with Crippen molar-refractivity contribution in [2.75, 3.05) is 13.7 Å². The number of benzene rings is 1. The highest BCUT2D eigenvalue weighted by molar-refractivity contribution is 5.90. The van der Waals surface area contributed by atoms with Gasteiger partial charge in [0.15, 0.2) is 0 Å². The Kier molecular flexibility index (Phi) is 3.56. The third-order valence-electron chi connectivity index (χ3n) is 3.26. The van der Waals surface area contributed by atoms with Gasteiger partial charge in [0.25, 0.3) is 5.54 Å². The highest BCUT2D eigenvalue weighted by Gasteiger charge is 2.72. The lowest BCUT2D eigenvalue weighted by Gasteiger charge is -2.06. The molecule has 0 N–H and O–H groups in total. The smallest absolute Gasteiger partial charge is 0.345 e. The van der Waals surface area contributed by atoms with Gasteiger partial charge >= 0.3 is 5.97 Å². The third-order valence-corrected chi connectivity index (χ3v) is 3.26. The van der Waals surface area contributed by atoms with Crippen molar-refractivity contribution in [3.05, 3.63) is 35.4 Å². The van der Waals surface area contributed by atoms with Crippen molar-refractivity contribution in [1.29, 1.82) is 5.26 Å². The first-order valence-electron chi connectivity index (χ1n) is 6.10. The van der Waals surface area contributed by atoms with Gasteiger partial charge in [-0.25, -0.2) is 4.79 Å². The number of hydrogen-bond acceptors (Lipinski definition) is 5. The number of rotatable bonds is 4. The van der Waals surface area contributed by atoms with Crippen LogP contribution in [0.15, 0.2) is 24.3 Å². The Morgan fingerprint density at radius 1 is 1.47 bits per heavy atom. The Bertz CT molecular complexity index is 520. The summed E-state index contributed by atoms with van der Waals surface area (Å²) >= 11 is 0. The van der Waals surface area contributed by atoms with E-state index in [1.54, 1.807) is 6.92 Å². The molecule has 2 rings (SSSR count). The molecule has 1 saturated heterocycles. The number of nitriles is 1. The molecule has 1 aliphatic heterocycles. The van der Waals surface area contributed by atoms with Crippen molar-refractivity contribution >= 4 is 5.97 Å². The largest absolute Gasteiger partial charge is 0.464 e. The normalized spacial score (nSPS) is 28.5. The van der Waals surface area contributed by atoms with E-state index in [1.165, 1.54) is 12.2 Å². The van der Waals surface area contributed by atoms with Crippen molar-refractivity contribution in [3.63, 3.8) is 0 Å². The molecule has 1 aromatic rings. The molecule has 1 aromatic carbocycles. The maximum Gasteiger partial charge on any atom is 0.345 e. The summed E-state index contributed by atoms with van der Waals surface area (Å²) < 4.78 is 4.98. The molecule has 19 heavy (non-hydrogen) atoms. The molecule has 5 nitrogen and oxygen atoms in total. The number of hydroxylamine groups is 2. The number of esters is 1. The summed E-state index contributed by atoms with van der Waals surface area (Å²) in [4.78, 5) is 17.2. The molecule has 3 atom stereocenters. The molecule has 1 fully saturated rings. The van der Waals surface area contributed by atoms with Crippen LogP contribution in [0.5, 0.6) is 0 Å². The van der Waals surface area contributed by atoms with Crippen molar-refractivity contribution in [3.8, 4) is 6.07 Å². The molecule has 0 bridgehead atoms. The van der Waals surface area contributed by atoms with Gasteiger partial charge < -0.3 is 4.74 Å². The minimum Gasteiger partial charge on any atom is -0.464 e. The van der Waals surface area contributed by atoms with Gasteiger partial charge in [0, 0.05) is 0 Å². The van der Waals surface area contributed by atoms with E-state index in [9.17, 15) is 10.1 Å². The molecule has 5 heteroatoms. The fraction of sp³-hybridized carbons (Fsp3) is 0.429. The van der Waals surface area contributed by atoms with E-state index in [0.717, 1.165) is 11.1 Å². The average molecular weight is 260 g/mol. The van der Waals surface area contributed by atoms with Crippen LogP contribution >= 0.6 is 0 Å². The first kappa shape index (κ1) is 13.5. The van der Waals surface area contributed by atoms with Crippen LogP contribution in [0.1, 0.15) is 24.1 Å². The fourth-order valence-corrected chi connectivity index (χ4v) is 2.24. The topological polar surface area (TPSA) is 62.3 Å². The van der Waals surface area contributed by atoms with Crippen LogP contribution in [0.3, 0.4) is 0 Å². The van der Waals surface area contributed by atoms with Gasteiger partial charge in [-0.15, -0.1) is 5.06 Å². The summed E-state index contributed by atoms with van der Waals surface area (Å²) in [6, 6.07) is 9.28. The molecule has 0 aromatic heterocycles. The van der Waals surface area contributed by atoms with Crippen LogP contribution < -0.4 is 0 Å². The van der Waals surface area contributed by atoms with E-state index in [0.29, 0.717) is 0 Å². The SMILES string of the molecule is CCOC(=O)C1(C#N)C(c2ccc(C)cc2)N1OC. The van der Waals surface area contributed by atoms with Gasteiger partial charge in [-0.05, 0) is 19.4 Å². The van der Waals surface area contributed by atoms with E-state index >= 15 is 0 Å². The lowest BCUT2D eigenvalue weighted by atomic mass is 10.00. The summed E-state index contributed by atoms with van der Waals surface area (Å²) in [5.41, 5.74) is 0.620. The minimum absolute atomic E-state index is 0.237. The maximum absolute atomic E-state index is 12.0. The Labute approximate surface area is 112 Å². The van der Waals surface area contributed by atoms with E-state index in [1.807, 2.05) is 37.3 Å². The zero-order valence-corrected chi connectivity index (χ0v) is 11.2. The van der Waals surface area contributed by atoms with Crippen molar-refractivity contribution < 1.29 is 14.4 Å². The van der Waals surface area contributed by atoms with E-state index in [2.05, 4.69) is 0 Å². The molecule has 1 heterocycles. The first-order valence-corrected chi connectivity index (χ1v) is 6.10. The van der Waals surface area contributed by atoms with Crippen LogP contribution in [-0.2, 0) is 14.4 Å². The van der Waals surface area contributed by atoms with E-state index in [-0.39, 0.29) is 6.61 Å². The second-order valence-electron chi connectivity index (χ2n) is 4.42. The molecule has 3 unspecified atom stereocenters. The highest BCUT2D eigenvalue weighted by Crippen LogP contribution is 2.53. The standard InChI is InChI=1S/C14H16N2O3/c1-4-19-13(17)14(9-15)12(16(14)18-3)11-7-5-10(2)6-8-11/h5-8,12H,4H2,1-3H3. The fourth-order valence-electron chi connectivity index (χ4n) is 2.24. The summed E-state index contributed by atoms with van der Waals surface area (Å²) in [5.74, 6) is -0.565. The van der Waals surface area contributed by atoms with Crippen LogP contribution in [0.2, 0.25) is 0 Å². The molecule has 0 saturated carbocycles. The van der Waals surface area contributed by atoms with Crippen LogP contribution in [0.4, 0.5) is 0 Å². The summed E-state index contributed by atoms with van der Waals surface area (Å²) in [6.45, 7) is 3.93. The number of carbonyl (C=O) groups is 1. The summed E-state index contributed by atoms with van der Waals surface area (Å²) in [5, 5.41) is 10.7. The van der Waals surface area contributed by atoms with Gasteiger partial charge in [-0.3, -0.25) is 4.84 Å². The number of carbonyl (C=O) groups excluding carboxylic acids is 1. The predicted molar refractivity (Wildman–Crippen MR) is 67.7 cm³/mol. The zero-order chi connectivity index (χ0) is 14.0. The van der Waals surface area contributed by atoms with E-state index < -0.39 is 17.6 Å². The van der Waals surface area contributed by atoms with Crippen molar-refractivity contribution in [1.82, 2.24) is 5.06 Å². The van der Waals surface area contributed by atoms with Crippen molar-refractivity contribution in [2.45, 2.75) is 25.4 Å². The molecule has 100 valence electrons. The maximum atomic E-state index is 12.0. The Morgan fingerprint density at radius 2 is 2.11 bits per heavy atom. The van der Waals surface area contributed by atoms with Gasteiger partial charge in [-0.2, -0.15) is 5.26 Å². The molecule has 0 radical (unpaired) electrons. The summed E-state index contributed by atoms with van der Waals surface area (Å²) in [7, 11) is 1.44. The molecule has 0 aliphatic carbocycles. The minimum atomic E-state index is -1.36. The van der Waals surface area contributed by atoms with Crippen LogP contribution in [0.25, 0.3) is 0 Å². The monoisotopic (exact) mass is 260 g/mol. The second kappa shape index (κ2) is 5.00. The van der Waals surface area contributed by atoms with Crippen molar-refractivity contribution in [2.24, 2.45) is 0 Å². The van der Waals surface area contributed by atoms with Gasteiger partial charge in [0.05, 0.1) is 13.7 Å². The Hall–Kier alpha value is -1.90. The molecular formula is C14H16N2O3. The quantitative estimate of drug-likeness (QED) is 0.609. The molecule has 1 aliphatic rings. The number of aryl methyl sites for hydroxylation is 1. The van der Waals surface area contributed by atoms with Gasteiger partial charge in [0.2, 0.25) is 0 Å². The van der Waals surface area contributed by atoms with E-state index in [4.69, 9.17) is 9.57 Å². The lowest BCUT2D eigenvalue weighted by molar-refractivity contribution is -0.152. The second-order valence-corrected chi connectivity index (χ2v) is 4.42. The highest BCUT2D eigenvalue weighted by atomic mass is 16.7. The first-order chi connectivity index (χ1) is 9.11. The number of ether oxygens (including phenoxy) is 1.